The number of thiazole rings is 1. The third-order valence-electron chi connectivity index (χ3n) is 7.76. The van der Waals surface area contributed by atoms with Gasteiger partial charge in [-0.15, -0.1) is 0 Å². The van der Waals surface area contributed by atoms with Gasteiger partial charge in [-0.3, -0.25) is 18.8 Å². The summed E-state index contributed by atoms with van der Waals surface area (Å²) in [6.45, 7) is 10.2. The number of hydrogen-bond acceptors (Lipinski definition) is 9. The topological polar surface area (TPSA) is 123 Å². The molecule has 5 aromatic rings. The summed E-state index contributed by atoms with van der Waals surface area (Å²) in [5.74, 6) is 0.393. The van der Waals surface area contributed by atoms with Crippen molar-refractivity contribution in [1.29, 1.82) is 0 Å². The molecule has 11 nitrogen and oxygen atoms in total. The van der Waals surface area contributed by atoms with Gasteiger partial charge in [-0.05, 0) is 68.7 Å². The molecule has 0 fully saturated rings. The van der Waals surface area contributed by atoms with E-state index >= 15 is 0 Å². The van der Waals surface area contributed by atoms with Gasteiger partial charge in [0.2, 0.25) is 12.7 Å². The predicted octanol–water partition coefficient (Wildman–Crippen LogP) is 6.28. The summed E-state index contributed by atoms with van der Waals surface area (Å²) in [7, 11) is 1.25. The number of nitrogens with zero attached hydrogens (tertiary/aromatic N) is 3. The van der Waals surface area contributed by atoms with E-state index in [4.69, 9.17) is 19.2 Å². The highest BCUT2D eigenvalue weighted by Crippen LogP contribution is 2.39. The second-order valence-corrected chi connectivity index (χ2v) is 14.1. The van der Waals surface area contributed by atoms with E-state index in [2.05, 4.69) is 47.9 Å². The van der Waals surface area contributed by atoms with Crippen LogP contribution in [0.3, 0.4) is 0 Å². The Morgan fingerprint density at radius 1 is 1.02 bits per heavy atom. The van der Waals surface area contributed by atoms with E-state index < -0.39 is 17.9 Å². The fraction of sp³-hybridized carbons (Fsp3) is 0.333. The number of hydrogen-bond donors (Lipinski definition) is 2. The molecule has 0 aliphatic carbocycles. The van der Waals surface area contributed by atoms with E-state index in [1.807, 2.05) is 44.2 Å². The quantitative estimate of drug-likeness (QED) is 0.167. The maximum absolute atomic E-state index is 14.6. The molecule has 3 heterocycles. The lowest BCUT2D eigenvalue weighted by molar-refractivity contribution is -0.141. The average molecular weight is 670 g/mol. The number of nitrogens with one attached hydrogen (secondary N) is 2. The van der Waals surface area contributed by atoms with Gasteiger partial charge in [0.25, 0.3) is 5.91 Å². The van der Waals surface area contributed by atoms with Crippen molar-refractivity contribution in [3.63, 3.8) is 0 Å². The zero-order valence-corrected chi connectivity index (χ0v) is 28.6. The van der Waals surface area contributed by atoms with Crippen LogP contribution in [0.1, 0.15) is 56.6 Å². The monoisotopic (exact) mass is 669 g/mol. The molecule has 1 aliphatic rings. The van der Waals surface area contributed by atoms with Crippen molar-refractivity contribution in [3.8, 4) is 22.8 Å². The molecule has 250 valence electrons. The highest BCUT2D eigenvalue weighted by Gasteiger charge is 2.34. The Morgan fingerprint density at radius 3 is 2.54 bits per heavy atom. The highest BCUT2D eigenvalue weighted by atomic mass is 32.1. The molecule has 1 atom stereocenters. The van der Waals surface area contributed by atoms with Gasteiger partial charge in [-0.25, -0.2) is 4.98 Å². The summed E-state index contributed by atoms with van der Waals surface area (Å²) in [6.07, 6.45) is 0. The molecule has 0 unspecified atom stereocenters. The van der Waals surface area contributed by atoms with Gasteiger partial charge >= 0.3 is 5.97 Å². The summed E-state index contributed by atoms with van der Waals surface area (Å²) in [4.78, 5) is 47.8. The first-order valence-electron chi connectivity index (χ1n) is 15.8. The van der Waals surface area contributed by atoms with Gasteiger partial charge in [0.15, 0.2) is 16.5 Å². The fourth-order valence-corrected chi connectivity index (χ4v) is 6.76. The number of imidazole rings is 1. The van der Waals surface area contributed by atoms with Crippen molar-refractivity contribution in [2.45, 2.75) is 46.2 Å². The Labute approximate surface area is 282 Å². The molecule has 2 N–H and O–H groups in total. The molecular formula is C36H39N5O6S. The molecule has 0 saturated carbocycles. The Hall–Kier alpha value is -5.10. The zero-order chi connectivity index (χ0) is 34.2. The largest absolute Gasteiger partial charge is 0.468 e. The minimum Gasteiger partial charge on any atom is -0.468 e. The van der Waals surface area contributed by atoms with E-state index in [1.165, 1.54) is 7.11 Å². The van der Waals surface area contributed by atoms with Crippen LogP contribution >= 0.6 is 11.3 Å². The Balaban J connectivity index is 1.43. The number of esters is 1. The van der Waals surface area contributed by atoms with Crippen molar-refractivity contribution in [2.75, 3.05) is 32.3 Å². The molecule has 0 spiro atoms. The van der Waals surface area contributed by atoms with Crippen LogP contribution in [-0.4, -0.2) is 64.6 Å². The third kappa shape index (κ3) is 6.66. The number of ether oxygens (including phenoxy) is 3. The number of amides is 2. The highest BCUT2D eigenvalue weighted by molar-refractivity contribution is 7.23. The van der Waals surface area contributed by atoms with Crippen molar-refractivity contribution >= 4 is 50.1 Å². The molecule has 0 radical (unpaired) electrons. The first-order valence-corrected chi connectivity index (χ1v) is 16.6. The van der Waals surface area contributed by atoms with E-state index in [9.17, 15) is 14.4 Å². The smallest absolute Gasteiger partial charge is 0.325 e. The third-order valence-corrected chi connectivity index (χ3v) is 8.78. The lowest BCUT2D eigenvalue weighted by atomic mass is 9.99. The Bertz CT molecular complexity index is 2010. The summed E-state index contributed by atoms with van der Waals surface area (Å²) in [5, 5.41) is 6.30. The van der Waals surface area contributed by atoms with Crippen molar-refractivity contribution in [3.05, 3.63) is 77.9 Å². The fourth-order valence-electron chi connectivity index (χ4n) is 5.74. The van der Waals surface area contributed by atoms with Crippen molar-refractivity contribution < 1.29 is 28.6 Å². The summed E-state index contributed by atoms with van der Waals surface area (Å²) < 4.78 is 19.1. The SMILES string of the molecule is COC(=O)CNC(=O)[C@H](c1ccc2c(c1)OCO2)N(CC(C)C)C(=O)c1cccc(-c2nc3sc4ccccc4n3c2NC(C)(C)C)c1. The lowest BCUT2D eigenvalue weighted by Gasteiger charge is -2.33. The van der Waals surface area contributed by atoms with Gasteiger partial charge in [-0.1, -0.05) is 55.5 Å². The number of rotatable bonds is 10. The molecule has 12 heteroatoms. The molecule has 48 heavy (non-hydrogen) atoms. The van der Waals surface area contributed by atoms with Gasteiger partial charge in [0, 0.05) is 23.2 Å². The standard InChI is InChI=1S/C36H39N5O6S/c1-21(2)19-40(31(33(43)37-18-29(42)45-6)23-14-15-26-27(17-23)47-20-46-26)34(44)24-11-9-10-22(16-24)30-32(39-36(3,4)5)41-25-12-7-8-13-28(25)48-35(41)38-30/h7-17,21,31,39H,18-20H2,1-6H3,(H,37,43)/t31-/m0/s1. The summed E-state index contributed by atoms with van der Waals surface area (Å²) in [5.41, 5.74) is 3.15. The first-order chi connectivity index (χ1) is 22.9. The average Bonchev–Trinajstić information content (AvgIpc) is 3.76. The minimum absolute atomic E-state index is 0.0119. The number of para-hydroxylation sites is 1. The molecule has 2 aromatic heterocycles. The maximum atomic E-state index is 14.6. The predicted molar refractivity (Wildman–Crippen MR) is 186 cm³/mol. The molecule has 3 aromatic carbocycles. The van der Waals surface area contributed by atoms with E-state index in [-0.39, 0.29) is 37.2 Å². The second kappa shape index (κ2) is 13.2. The van der Waals surface area contributed by atoms with Crippen LogP contribution in [0.15, 0.2) is 66.7 Å². The number of aromatic nitrogens is 2. The number of anilines is 1. The molecular weight excluding hydrogens is 630 g/mol. The van der Waals surface area contributed by atoms with E-state index in [1.54, 1.807) is 40.5 Å². The van der Waals surface area contributed by atoms with Crippen LogP contribution in [0.5, 0.6) is 11.5 Å². The Morgan fingerprint density at radius 2 is 1.79 bits per heavy atom. The van der Waals surface area contributed by atoms with Gasteiger partial charge in [0.05, 0.1) is 17.3 Å². The summed E-state index contributed by atoms with van der Waals surface area (Å²) >= 11 is 1.60. The van der Waals surface area contributed by atoms with Crippen LogP contribution in [0.25, 0.3) is 26.4 Å². The van der Waals surface area contributed by atoms with Gasteiger partial charge in [0.1, 0.15) is 24.1 Å². The normalized spacial score (nSPS) is 13.1. The molecule has 6 rings (SSSR count). The van der Waals surface area contributed by atoms with Crippen LogP contribution < -0.4 is 20.1 Å². The van der Waals surface area contributed by atoms with Crippen LogP contribution in [0, 0.1) is 5.92 Å². The van der Waals surface area contributed by atoms with Crippen molar-refractivity contribution in [1.82, 2.24) is 19.6 Å². The first kappa shape index (κ1) is 32.8. The van der Waals surface area contributed by atoms with Gasteiger partial charge in [-0.2, -0.15) is 0 Å². The summed E-state index contributed by atoms with van der Waals surface area (Å²) in [6, 6.07) is 19.6. The number of benzene rings is 3. The number of methoxy groups -OCH3 is 1. The number of fused-ring (bicyclic) bond motifs is 4. The number of carbonyl (C=O) groups excluding carboxylic acids is 3. The molecule has 0 bridgehead atoms. The van der Waals surface area contributed by atoms with Gasteiger partial charge < -0.3 is 29.7 Å². The second-order valence-electron chi connectivity index (χ2n) is 13.1. The van der Waals surface area contributed by atoms with Crippen LogP contribution in [0.2, 0.25) is 0 Å². The Kier molecular flexibility index (Phi) is 9.02. The van der Waals surface area contributed by atoms with Crippen molar-refractivity contribution in [2.24, 2.45) is 5.92 Å². The molecule has 0 saturated heterocycles. The van der Waals surface area contributed by atoms with Crippen LogP contribution in [0.4, 0.5) is 5.82 Å². The number of carbonyl (C=O) groups is 3. The maximum Gasteiger partial charge on any atom is 0.325 e. The molecule has 1 aliphatic heterocycles. The molecule has 2 amide bonds. The van der Waals surface area contributed by atoms with Crippen LogP contribution in [-0.2, 0) is 14.3 Å². The van der Waals surface area contributed by atoms with E-state index in [0.717, 1.165) is 32.3 Å². The van der Waals surface area contributed by atoms with E-state index in [0.29, 0.717) is 22.6 Å². The zero-order valence-electron chi connectivity index (χ0n) is 27.8. The lowest BCUT2D eigenvalue weighted by Crippen LogP contribution is -2.46. The minimum atomic E-state index is -1.08.